The average Bonchev–Trinajstić information content (AvgIpc) is 1.98. The number of nitrogens with one attached hydrogen (secondary N) is 1. The fourth-order valence-corrected chi connectivity index (χ4v) is 1.74. The summed E-state index contributed by atoms with van der Waals surface area (Å²) < 4.78 is 0. The minimum absolute atomic E-state index is 0.310. The molecule has 0 aliphatic heterocycles. The molecule has 0 fully saturated rings. The maximum atomic E-state index is 8.67. The molecular formula is C11H25NO. The Bertz CT molecular complexity index is 115. The molecule has 0 amide bonds. The van der Waals surface area contributed by atoms with Crippen LogP contribution in [-0.2, 0) is 0 Å². The lowest BCUT2D eigenvalue weighted by Crippen LogP contribution is -2.35. The van der Waals surface area contributed by atoms with Crippen molar-refractivity contribution >= 4 is 0 Å². The van der Waals surface area contributed by atoms with Crippen molar-refractivity contribution in [2.75, 3.05) is 6.61 Å². The highest BCUT2D eigenvalue weighted by Crippen LogP contribution is 2.06. The Balaban J connectivity index is 3.46. The van der Waals surface area contributed by atoms with Gasteiger partial charge < -0.3 is 10.4 Å². The first kappa shape index (κ1) is 12.9. The smallest absolute Gasteiger partial charge is 0.0431 e. The molecule has 0 aliphatic rings. The van der Waals surface area contributed by atoms with E-state index in [9.17, 15) is 0 Å². The molecule has 0 radical (unpaired) electrons. The van der Waals surface area contributed by atoms with Crippen molar-refractivity contribution in [2.45, 2.75) is 59.0 Å². The Morgan fingerprint density at radius 3 is 2.15 bits per heavy atom. The predicted octanol–water partition coefficient (Wildman–Crippen LogP) is 2.17. The van der Waals surface area contributed by atoms with Crippen LogP contribution in [0.2, 0.25) is 0 Å². The van der Waals surface area contributed by atoms with E-state index in [1.165, 1.54) is 6.42 Å². The van der Waals surface area contributed by atoms with Gasteiger partial charge in [0.05, 0.1) is 0 Å². The second-order valence-corrected chi connectivity index (χ2v) is 4.46. The predicted molar refractivity (Wildman–Crippen MR) is 57.8 cm³/mol. The van der Waals surface area contributed by atoms with Gasteiger partial charge in [0.15, 0.2) is 0 Å². The number of hydrogen-bond acceptors (Lipinski definition) is 2. The minimum atomic E-state index is 0.310. The van der Waals surface area contributed by atoms with Crippen LogP contribution in [0.4, 0.5) is 0 Å². The summed E-state index contributed by atoms with van der Waals surface area (Å²) in [4.78, 5) is 0. The van der Waals surface area contributed by atoms with Crippen LogP contribution < -0.4 is 5.32 Å². The van der Waals surface area contributed by atoms with E-state index in [0.29, 0.717) is 18.7 Å². The summed E-state index contributed by atoms with van der Waals surface area (Å²) in [7, 11) is 0. The van der Waals surface area contributed by atoms with E-state index in [1.807, 2.05) is 0 Å². The Hall–Kier alpha value is -0.0800. The largest absolute Gasteiger partial charge is 0.396 e. The van der Waals surface area contributed by atoms with Gasteiger partial charge in [0, 0.05) is 18.7 Å². The Morgan fingerprint density at radius 2 is 1.69 bits per heavy atom. The zero-order chi connectivity index (χ0) is 10.3. The molecule has 0 aromatic heterocycles. The molecule has 0 unspecified atom stereocenters. The molecule has 0 aromatic carbocycles. The molecule has 2 heteroatoms. The molecule has 80 valence electrons. The van der Waals surface area contributed by atoms with E-state index < -0.39 is 0 Å². The van der Waals surface area contributed by atoms with Gasteiger partial charge in [-0.3, -0.25) is 0 Å². The zero-order valence-electron chi connectivity index (χ0n) is 9.51. The van der Waals surface area contributed by atoms with Gasteiger partial charge in [-0.05, 0) is 39.0 Å². The van der Waals surface area contributed by atoms with Crippen LogP contribution in [-0.4, -0.2) is 23.8 Å². The Morgan fingerprint density at radius 1 is 1.08 bits per heavy atom. The first-order valence-corrected chi connectivity index (χ1v) is 5.43. The molecule has 2 nitrogen and oxygen atoms in total. The Labute approximate surface area is 82.7 Å². The topological polar surface area (TPSA) is 32.3 Å². The molecule has 0 saturated heterocycles. The fourth-order valence-electron chi connectivity index (χ4n) is 1.74. The standard InChI is InChI=1S/C11H25NO/c1-9(2)8-11(4)12-10(3)6-5-7-13/h9-13H,5-8H2,1-4H3/t10-,11+/m0/s1. The molecule has 13 heavy (non-hydrogen) atoms. The van der Waals surface area contributed by atoms with Crippen molar-refractivity contribution in [3.63, 3.8) is 0 Å². The van der Waals surface area contributed by atoms with Gasteiger partial charge in [-0.2, -0.15) is 0 Å². The highest BCUT2D eigenvalue weighted by atomic mass is 16.2. The van der Waals surface area contributed by atoms with Gasteiger partial charge in [0.1, 0.15) is 0 Å². The van der Waals surface area contributed by atoms with E-state index in [4.69, 9.17) is 5.11 Å². The summed E-state index contributed by atoms with van der Waals surface area (Å²) >= 11 is 0. The van der Waals surface area contributed by atoms with Crippen LogP contribution in [0.5, 0.6) is 0 Å². The highest BCUT2D eigenvalue weighted by Gasteiger charge is 2.08. The lowest BCUT2D eigenvalue weighted by Gasteiger charge is -2.21. The lowest BCUT2D eigenvalue weighted by molar-refractivity contribution is 0.272. The van der Waals surface area contributed by atoms with Gasteiger partial charge in [-0.1, -0.05) is 13.8 Å². The summed E-state index contributed by atoms with van der Waals surface area (Å²) in [5, 5.41) is 12.2. The summed E-state index contributed by atoms with van der Waals surface area (Å²) in [5.41, 5.74) is 0. The number of hydrogen-bond donors (Lipinski definition) is 2. The second-order valence-electron chi connectivity index (χ2n) is 4.46. The number of aliphatic hydroxyl groups excluding tert-OH is 1. The molecule has 0 rings (SSSR count). The van der Waals surface area contributed by atoms with E-state index >= 15 is 0 Å². The van der Waals surface area contributed by atoms with Gasteiger partial charge in [0.25, 0.3) is 0 Å². The average molecular weight is 187 g/mol. The van der Waals surface area contributed by atoms with Crippen molar-refractivity contribution < 1.29 is 5.11 Å². The van der Waals surface area contributed by atoms with E-state index in [-0.39, 0.29) is 0 Å². The molecule has 0 heterocycles. The first-order chi connectivity index (χ1) is 6.06. The van der Waals surface area contributed by atoms with Gasteiger partial charge in [0.2, 0.25) is 0 Å². The van der Waals surface area contributed by atoms with Gasteiger partial charge >= 0.3 is 0 Å². The number of aliphatic hydroxyl groups is 1. The normalized spacial score (nSPS) is 16.2. The van der Waals surface area contributed by atoms with E-state index in [0.717, 1.165) is 18.8 Å². The Kier molecular flexibility index (Phi) is 7.29. The molecule has 0 aromatic rings. The molecule has 0 bridgehead atoms. The third-order valence-corrected chi connectivity index (χ3v) is 2.19. The maximum absolute atomic E-state index is 8.67. The zero-order valence-corrected chi connectivity index (χ0v) is 9.51. The van der Waals surface area contributed by atoms with Crippen molar-refractivity contribution in [3.05, 3.63) is 0 Å². The van der Waals surface area contributed by atoms with Gasteiger partial charge in [-0.25, -0.2) is 0 Å². The third kappa shape index (κ3) is 8.26. The summed E-state index contributed by atoms with van der Waals surface area (Å²) in [6, 6.07) is 1.12. The second kappa shape index (κ2) is 7.34. The maximum Gasteiger partial charge on any atom is 0.0431 e. The molecule has 0 saturated carbocycles. The highest BCUT2D eigenvalue weighted by molar-refractivity contribution is 4.68. The van der Waals surface area contributed by atoms with Crippen molar-refractivity contribution in [1.82, 2.24) is 5.32 Å². The summed E-state index contributed by atoms with van der Waals surface area (Å²) in [6.07, 6.45) is 3.20. The molecular weight excluding hydrogens is 162 g/mol. The molecule has 0 aliphatic carbocycles. The third-order valence-electron chi connectivity index (χ3n) is 2.19. The lowest BCUT2D eigenvalue weighted by atomic mass is 10.0. The van der Waals surface area contributed by atoms with E-state index in [2.05, 4.69) is 33.0 Å². The van der Waals surface area contributed by atoms with Crippen LogP contribution in [0.15, 0.2) is 0 Å². The van der Waals surface area contributed by atoms with Crippen LogP contribution in [0.25, 0.3) is 0 Å². The quantitative estimate of drug-likeness (QED) is 0.640. The molecule has 2 N–H and O–H groups in total. The molecule has 2 atom stereocenters. The number of rotatable bonds is 7. The monoisotopic (exact) mass is 187 g/mol. The van der Waals surface area contributed by atoms with Gasteiger partial charge in [-0.15, -0.1) is 0 Å². The summed E-state index contributed by atoms with van der Waals surface area (Å²) in [5.74, 6) is 0.757. The SMILES string of the molecule is CC(C)C[C@@H](C)N[C@@H](C)CCCO. The first-order valence-electron chi connectivity index (χ1n) is 5.43. The van der Waals surface area contributed by atoms with Crippen LogP contribution >= 0.6 is 0 Å². The van der Waals surface area contributed by atoms with Crippen molar-refractivity contribution in [2.24, 2.45) is 5.92 Å². The van der Waals surface area contributed by atoms with Crippen LogP contribution in [0.3, 0.4) is 0 Å². The minimum Gasteiger partial charge on any atom is -0.396 e. The van der Waals surface area contributed by atoms with Crippen LogP contribution in [0.1, 0.15) is 47.0 Å². The van der Waals surface area contributed by atoms with Crippen molar-refractivity contribution in [3.8, 4) is 0 Å². The van der Waals surface area contributed by atoms with E-state index in [1.54, 1.807) is 0 Å². The van der Waals surface area contributed by atoms with Crippen LogP contribution in [0, 0.1) is 5.92 Å². The van der Waals surface area contributed by atoms with Crippen molar-refractivity contribution in [1.29, 1.82) is 0 Å². The molecule has 0 spiro atoms. The fraction of sp³-hybridized carbons (Fsp3) is 1.00. The summed E-state index contributed by atoms with van der Waals surface area (Å²) in [6.45, 7) is 9.22.